The Kier molecular flexibility index (Phi) is 5.75. The number of carbonyl (C=O) groups excluding carboxylic acids is 1. The third-order valence-electron chi connectivity index (χ3n) is 5.97. The van der Waals surface area contributed by atoms with Crippen LogP contribution in [-0.4, -0.2) is 28.7 Å². The number of aromatic nitrogens is 1. The smallest absolute Gasteiger partial charge is 0.277 e. The monoisotopic (exact) mass is 473 g/mol. The summed E-state index contributed by atoms with van der Waals surface area (Å²) in [5.74, 6) is -0.456. The van der Waals surface area contributed by atoms with Crippen LogP contribution in [0, 0.1) is 12.7 Å². The van der Waals surface area contributed by atoms with Gasteiger partial charge in [-0.05, 0) is 42.8 Å². The normalized spacial score (nSPS) is 15.5. The lowest BCUT2D eigenvalue weighted by Gasteiger charge is -2.23. The number of pyridine rings is 1. The maximum Gasteiger partial charge on any atom is 0.277 e. The molecular formula is C27H21ClFN3O2. The molecular weight excluding hydrogens is 453 g/mol. The molecule has 1 aliphatic heterocycles. The Balaban J connectivity index is 1.61. The van der Waals surface area contributed by atoms with E-state index >= 15 is 0 Å². The van der Waals surface area contributed by atoms with E-state index in [2.05, 4.69) is 10.1 Å². The van der Waals surface area contributed by atoms with E-state index in [4.69, 9.17) is 16.3 Å². The van der Waals surface area contributed by atoms with Crippen LogP contribution in [0.5, 0.6) is 5.75 Å². The molecule has 0 fully saturated rings. The third-order valence-corrected chi connectivity index (χ3v) is 6.27. The Morgan fingerprint density at radius 2 is 1.85 bits per heavy atom. The molecule has 0 saturated carbocycles. The second kappa shape index (κ2) is 8.88. The lowest BCUT2D eigenvalue weighted by molar-refractivity contribution is 0.0706. The molecule has 5 nitrogen and oxygen atoms in total. The highest BCUT2D eigenvalue weighted by molar-refractivity contribution is 6.30. The number of aryl methyl sites for hydroxylation is 1. The summed E-state index contributed by atoms with van der Waals surface area (Å²) in [5.41, 5.74) is 4.02. The predicted octanol–water partition coefficient (Wildman–Crippen LogP) is 6.34. The molecule has 4 aromatic rings. The van der Waals surface area contributed by atoms with E-state index < -0.39 is 17.8 Å². The van der Waals surface area contributed by atoms with Gasteiger partial charge >= 0.3 is 0 Å². The van der Waals surface area contributed by atoms with Gasteiger partial charge in [-0.1, -0.05) is 53.6 Å². The highest BCUT2D eigenvalue weighted by Crippen LogP contribution is 2.38. The van der Waals surface area contributed by atoms with Gasteiger partial charge < -0.3 is 4.74 Å². The van der Waals surface area contributed by atoms with Crippen LogP contribution in [0.3, 0.4) is 0 Å². The first kappa shape index (κ1) is 22.0. The second-order valence-corrected chi connectivity index (χ2v) is 8.55. The molecule has 2 heterocycles. The Morgan fingerprint density at radius 1 is 1.09 bits per heavy atom. The summed E-state index contributed by atoms with van der Waals surface area (Å²) in [6.45, 7) is 2.01. The predicted molar refractivity (Wildman–Crippen MR) is 131 cm³/mol. The molecule has 0 saturated heterocycles. The molecule has 34 heavy (non-hydrogen) atoms. The van der Waals surface area contributed by atoms with Gasteiger partial charge in [-0.15, -0.1) is 0 Å². The molecule has 0 bridgehead atoms. The van der Waals surface area contributed by atoms with Gasteiger partial charge in [-0.2, -0.15) is 5.10 Å². The number of hydrazone groups is 1. The van der Waals surface area contributed by atoms with Crippen molar-refractivity contribution in [3.05, 3.63) is 106 Å². The fourth-order valence-electron chi connectivity index (χ4n) is 4.12. The highest BCUT2D eigenvalue weighted by Gasteiger charge is 2.36. The van der Waals surface area contributed by atoms with Crippen LogP contribution >= 0.6 is 11.6 Å². The molecule has 3 aromatic carbocycles. The average Bonchev–Trinajstić information content (AvgIpc) is 3.28. The number of amides is 1. The number of rotatable bonds is 4. The minimum atomic E-state index is -0.597. The van der Waals surface area contributed by atoms with Crippen molar-refractivity contribution in [1.82, 2.24) is 9.99 Å². The van der Waals surface area contributed by atoms with Gasteiger partial charge in [-0.3, -0.25) is 4.79 Å². The first-order chi connectivity index (χ1) is 16.4. The fraction of sp³-hybridized carbons (Fsp3) is 0.148. The van der Waals surface area contributed by atoms with Gasteiger partial charge in [0.1, 0.15) is 16.7 Å². The van der Waals surface area contributed by atoms with Gasteiger partial charge in [0.25, 0.3) is 5.91 Å². The zero-order valence-electron chi connectivity index (χ0n) is 18.6. The van der Waals surface area contributed by atoms with Crippen molar-refractivity contribution in [3.8, 4) is 5.75 Å². The topological polar surface area (TPSA) is 54.8 Å². The molecule has 0 radical (unpaired) electrons. The van der Waals surface area contributed by atoms with Crippen molar-refractivity contribution < 1.29 is 13.9 Å². The number of methoxy groups -OCH3 is 1. The van der Waals surface area contributed by atoms with Gasteiger partial charge in [0.15, 0.2) is 0 Å². The van der Waals surface area contributed by atoms with Gasteiger partial charge in [-0.25, -0.2) is 14.4 Å². The Bertz CT molecular complexity index is 1440. The van der Waals surface area contributed by atoms with E-state index in [-0.39, 0.29) is 10.7 Å². The van der Waals surface area contributed by atoms with Crippen molar-refractivity contribution >= 4 is 34.1 Å². The summed E-state index contributed by atoms with van der Waals surface area (Å²) < 4.78 is 19.8. The molecule has 5 rings (SSSR count). The number of hydrogen-bond acceptors (Lipinski definition) is 4. The van der Waals surface area contributed by atoms with Crippen LogP contribution in [-0.2, 0) is 0 Å². The van der Waals surface area contributed by atoms with Crippen molar-refractivity contribution in [1.29, 1.82) is 0 Å². The van der Waals surface area contributed by atoms with Crippen molar-refractivity contribution in [2.24, 2.45) is 5.10 Å². The van der Waals surface area contributed by atoms with Crippen LogP contribution in [0.15, 0.2) is 77.9 Å². The summed E-state index contributed by atoms with van der Waals surface area (Å²) in [6, 6.07) is 20.7. The molecule has 0 spiro atoms. The largest absolute Gasteiger partial charge is 0.497 e. The third kappa shape index (κ3) is 4.01. The summed E-state index contributed by atoms with van der Waals surface area (Å²) in [7, 11) is 1.59. The standard InChI is InChI=1S/C27H21ClFN3O2/c1-16-7-9-17(10-8-16)24-15-25(32(31-24)27(33)20-5-3-4-6-22(20)29)21-13-18-11-12-19(34-2)14-23(18)30-26(21)28/h3-14,25H,15H2,1-2H3/t25-/m0/s1. The lowest BCUT2D eigenvalue weighted by Crippen LogP contribution is -2.28. The molecule has 0 unspecified atom stereocenters. The zero-order chi connectivity index (χ0) is 23.8. The second-order valence-electron chi connectivity index (χ2n) is 8.19. The van der Waals surface area contributed by atoms with Gasteiger partial charge in [0.05, 0.1) is 29.9 Å². The number of fused-ring (bicyclic) bond motifs is 1. The van der Waals surface area contributed by atoms with Crippen molar-refractivity contribution in [2.45, 2.75) is 19.4 Å². The van der Waals surface area contributed by atoms with Gasteiger partial charge in [0.2, 0.25) is 0 Å². The van der Waals surface area contributed by atoms with Crippen LogP contribution in [0.4, 0.5) is 4.39 Å². The number of benzene rings is 3. The van der Waals surface area contributed by atoms with E-state index in [0.29, 0.717) is 23.3 Å². The van der Waals surface area contributed by atoms with E-state index in [1.165, 1.54) is 17.1 Å². The molecule has 0 aliphatic carbocycles. The van der Waals surface area contributed by atoms with E-state index in [1.807, 2.05) is 49.4 Å². The summed E-state index contributed by atoms with van der Waals surface area (Å²) in [4.78, 5) is 18.0. The molecule has 0 N–H and O–H groups in total. The maximum atomic E-state index is 14.5. The SMILES string of the molecule is COc1ccc2cc([C@@H]3CC(c4ccc(C)cc4)=NN3C(=O)c3ccccc3F)c(Cl)nc2c1. The molecule has 1 aliphatic rings. The number of nitrogens with zero attached hydrogens (tertiary/aromatic N) is 3. The Morgan fingerprint density at radius 3 is 2.59 bits per heavy atom. The number of hydrogen-bond donors (Lipinski definition) is 0. The minimum Gasteiger partial charge on any atom is -0.497 e. The molecule has 1 aromatic heterocycles. The van der Waals surface area contributed by atoms with Crippen molar-refractivity contribution in [3.63, 3.8) is 0 Å². The summed E-state index contributed by atoms with van der Waals surface area (Å²) >= 11 is 6.63. The van der Waals surface area contributed by atoms with E-state index in [1.54, 1.807) is 25.3 Å². The lowest BCUT2D eigenvalue weighted by atomic mass is 9.97. The van der Waals surface area contributed by atoms with Crippen LogP contribution in [0.1, 0.15) is 39.5 Å². The fourth-order valence-corrected chi connectivity index (χ4v) is 4.39. The van der Waals surface area contributed by atoms with Crippen molar-refractivity contribution in [2.75, 3.05) is 7.11 Å². The first-order valence-corrected chi connectivity index (χ1v) is 11.2. The van der Waals surface area contributed by atoms with E-state index in [9.17, 15) is 9.18 Å². The maximum absolute atomic E-state index is 14.5. The number of halogens is 2. The Hall–Kier alpha value is -3.77. The minimum absolute atomic E-state index is 0.0454. The molecule has 1 amide bonds. The molecule has 170 valence electrons. The van der Waals surface area contributed by atoms with Crippen LogP contribution < -0.4 is 4.74 Å². The van der Waals surface area contributed by atoms with Crippen LogP contribution in [0.2, 0.25) is 5.15 Å². The van der Waals surface area contributed by atoms with Gasteiger partial charge in [0, 0.05) is 23.4 Å². The zero-order valence-corrected chi connectivity index (χ0v) is 19.4. The number of carbonyl (C=O) groups is 1. The average molecular weight is 474 g/mol. The molecule has 7 heteroatoms. The van der Waals surface area contributed by atoms with E-state index in [0.717, 1.165) is 22.2 Å². The number of ether oxygens (including phenoxy) is 1. The highest BCUT2D eigenvalue weighted by atomic mass is 35.5. The summed E-state index contributed by atoms with van der Waals surface area (Å²) in [5, 5.41) is 7.08. The Labute approximate surface area is 201 Å². The first-order valence-electron chi connectivity index (χ1n) is 10.8. The summed E-state index contributed by atoms with van der Waals surface area (Å²) in [6.07, 6.45) is 0.423. The quantitative estimate of drug-likeness (QED) is 0.325. The molecule has 1 atom stereocenters. The van der Waals surface area contributed by atoms with Crippen LogP contribution in [0.25, 0.3) is 10.9 Å².